The van der Waals surface area contributed by atoms with Crippen LogP contribution in [0.2, 0.25) is 0 Å². The predicted octanol–water partition coefficient (Wildman–Crippen LogP) is 5.85. The van der Waals surface area contributed by atoms with Gasteiger partial charge in [0.05, 0.1) is 5.92 Å². The van der Waals surface area contributed by atoms with Crippen molar-refractivity contribution >= 4 is 16.7 Å². The highest BCUT2D eigenvalue weighted by Crippen LogP contribution is 2.55. The molecule has 0 heterocycles. The van der Waals surface area contributed by atoms with Crippen LogP contribution in [0.3, 0.4) is 0 Å². The number of carbonyl (C=O) groups is 1. The van der Waals surface area contributed by atoms with Gasteiger partial charge >= 0.3 is 5.97 Å². The number of esters is 1. The summed E-state index contributed by atoms with van der Waals surface area (Å²) in [6.45, 7) is 10.8. The number of benzene rings is 2. The zero-order valence-corrected chi connectivity index (χ0v) is 16.6. The fraction of sp³-hybridized carbons (Fsp3) is 0.542. The van der Waals surface area contributed by atoms with Gasteiger partial charge in [-0.25, -0.2) is 0 Å². The molecule has 0 N–H and O–H groups in total. The molecule has 5 atom stereocenters. The second-order valence-electron chi connectivity index (χ2n) is 9.22. The van der Waals surface area contributed by atoms with Gasteiger partial charge in [0.15, 0.2) is 0 Å². The Hall–Kier alpha value is -1.83. The monoisotopic (exact) mass is 350 g/mol. The van der Waals surface area contributed by atoms with Crippen LogP contribution in [0.15, 0.2) is 36.4 Å². The van der Waals surface area contributed by atoms with E-state index in [4.69, 9.17) is 4.74 Å². The van der Waals surface area contributed by atoms with E-state index in [0.29, 0.717) is 17.8 Å². The molecular formula is C24H30O2. The van der Waals surface area contributed by atoms with Gasteiger partial charge < -0.3 is 4.74 Å². The highest BCUT2D eigenvalue weighted by atomic mass is 16.6. The average molecular weight is 351 g/mol. The maximum Gasteiger partial charge on any atom is 0.310 e. The number of carbonyl (C=O) groups excluding carboxylic acids is 1. The summed E-state index contributed by atoms with van der Waals surface area (Å²) in [4.78, 5) is 13.0. The standard InChI is InChI=1S/C24H30O2/c1-14-6-7-17-8-9-20(11-19(17)10-14)24(4,5)26-23(25)22-13-18-12-21(22)16(3)15(18)2/h6-11,15-16,18,21-22H,12-13H2,1-5H3. The molecule has 0 aromatic heterocycles. The van der Waals surface area contributed by atoms with E-state index in [1.54, 1.807) is 0 Å². The van der Waals surface area contributed by atoms with Gasteiger partial charge in [0.25, 0.3) is 0 Å². The van der Waals surface area contributed by atoms with Crippen LogP contribution in [-0.4, -0.2) is 5.97 Å². The smallest absolute Gasteiger partial charge is 0.310 e. The minimum atomic E-state index is -0.605. The third-order valence-corrected chi connectivity index (χ3v) is 7.25. The van der Waals surface area contributed by atoms with E-state index in [2.05, 4.69) is 57.2 Å². The van der Waals surface area contributed by atoms with Crippen molar-refractivity contribution in [1.82, 2.24) is 0 Å². The lowest BCUT2D eigenvalue weighted by Gasteiger charge is -2.33. The van der Waals surface area contributed by atoms with Crippen LogP contribution in [0.1, 0.15) is 51.7 Å². The zero-order valence-electron chi connectivity index (χ0n) is 16.6. The quantitative estimate of drug-likeness (QED) is 0.649. The van der Waals surface area contributed by atoms with E-state index in [1.807, 2.05) is 13.8 Å². The molecule has 0 aliphatic heterocycles. The molecule has 0 radical (unpaired) electrons. The van der Waals surface area contributed by atoms with E-state index >= 15 is 0 Å². The molecule has 2 heteroatoms. The largest absolute Gasteiger partial charge is 0.455 e. The van der Waals surface area contributed by atoms with Gasteiger partial charge in [0.1, 0.15) is 5.60 Å². The van der Waals surface area contributed by atoms with E-state index in [0.717, 1.165) is 17.9 Å². The first-order valence-electron chi connectivity index (χ1n) is 10.00. The van der Waals surface area contributed by atoms with Crippen LogP contribution in [0, 0.1) is 36.5 Å². The van der Waals surface area contributed by atoms with Gasteiger partial charge in [-0.2, -0.15) is 0 Å². The number of ether oxygens (including phenoxy) is 1. The first-order valence-corrected chi connectivity index (χ1v) is 10.00. The minimum absolute atomic E-state index is 0.00518. The average Bonchev–Trinajstić information content (AvgIpc) is 3.14. The van der Waals surface area contributed by atoms with Gasteiger partial charge in [-0.3, -0.25) is 4.79 Å². The first-order chi connectivity index (χ1) is 12.3. The molecule has 2 aliphatic carbocycles. The summed E-state index contributed by atoms with van der Waals surface area (Å²) in [6.07, 6.45) is 2.22. The fourth-order valence-corrected chi connectivity index (χ4v) is 5.34. The van der Waals surface area contributed by atoms with Crippen molar-refractivity contribution in [2.75, 3.05) is 0 Å². The molecule has 2 aliphatic rings. The summed E-state index contributed by atoms with van der Waals surface area (Å²) in [7, 11) is 0. The number of fused-ring (bicyclic) bond motifs is 3. The Labute approximate surface area is 156 Å². The summed E-state index contributed by atoms with van der Waals surface area (Å²) >= 11 is 0. The number of hydrogen-bond acceptors (Lipinski definition) is 2. The van der Waals surface area contributed by atoms with Crippen molar-refractivity contribution in [3.8, 4) is 0 Å². The molecular weight excluding hydrogens is 320 g/mol. The highest BCUT2D eigenvalue weighted by molar-refractivity contribution is 5.84. The summed E-state index contributed by atoms with van der Waals surface area (Å²) < 4.78 is 6.08. The van der Waals surface area contributed by atoms with Crippen molar-refractivity contribution < 1.29 is 9.53 Å². The first kappa shape index (κ1) is 17.6. The van der Waals surface area contributed by atoms with E-state index in [-0.39, 0.29) is 11.9 Å². The van der Waals surface area contributed by atoms with Crippen LogP contribution >= 0.6 is 0 Å². The van der Waals surface area contributed by atoms with Crippen molar-refractivity contribution in [3.63, 3.8) is 0 Å². The summed E-state index contributed by atoms with van der Waals surface area (Å²) in [5.74, 6) is 2.70. The normalized spacial score (nSPS) is 30.7. The Morgan fingerprint density at radius 3 is 2.42 bits per heavy atom. The topological polar surface area (TPSA) is 26.3 Å². The highest BCUT2D eigenvalue weighted by Gasteiger charge is 2.52. The predicted molar refractivity (Wildman–Crippen MR) is 106 cm³/mol. The molecule has 138 valence electrons. The van der Waals surface area contributed by atoms with E-state index in [9.17, 15) is 4.79 Å². The second-order valence-corrected chi connectivity index (χ2v) is 9.22. The third kappa shape index (κ3) is 2.84. The van der Waals surface area contributed by atoms with Gasteiger partial charge in [-0.1, -0.05) is 49.7 Å². The fourth-order valence-electron chi connectivity index (χ4n) is 5.34. The van der Waals surface area contributed by atoms with Crippen molar-refractivity contribution in [1.29, 1.82) is 0 Å². The van der Waals surface area contributed by atoms with Crippen LogP contribution < -0.4 is 0 Å². The van der Waals surface area contributed by atoms with Crippen molar-refractivity contribution in [2.45, 2.75) is 53.1 Å². The summed E-state index contributed by atoms with van der Waals surface area (Å²) in [6, 6.07) is 12.9. The Balaban J connectivity index is 1.55. The molecule has 2 bridgehead atoms. The lowest BCUT2D eigenvalue weighted by Crippen LogP contribution is -2.35. The SMILES string of the molecule is Cc1ccc2ccc(C(C)(C)OC(=O)C3CC4CC3C(C)C4C)cc2c1. The molecule has 4 rings (SSSR count). The summed E-state index contributed by atoms with van der Waals surface area (Å²) in [5.41, 5.74) is 1.70. The Bertz CT molecular complexity index is 848. The van der Waals surface area contributed by atoms with Crippen molar-refractivity contribution in [3.05, 3.63) is 47.5 Å². The maximum absolute atomic E-state index is 13.0. The van der Waals surface area contributed by atoms with E-state index < -0.39 is 5.60 Å². The Morgan fingerprint density at radius 2 is 1.73 bits per heavy atom. The minimum Gasteiger partial charge on any atom is -0.455 e. The van der Waals surface area contributed by atoms with Gasteiger partial charge in [-0.05, 0) is 79.7 Å². The molecule has 2 aromatic rings. The molecule has 2 nitrogen and oxygen atoms in total. The second kappa shape index (κ2) is 6.11. The number of aryl methyl sites for hydroxylation is 1. The third-order valence-electron chi connectivity index (χ3n) is 7.25. The van der Waals surface area contributed by atoms with Gasteiger partial charge in [0, 0.05) is 0 Å². The van der Waals surface area contributed by atoms with Crippen molar-refractivity contribution in [2.24, 2.45) is 29.6 Å². The van der Waals surface area contributed by atoms with Crippen LogP contribution in [0.4, 0.5) is 0 Å². The van der Waals surface area contributed by atoms with Crippen LogP contribution in [0.25, 0.3) is 10.8 Å². The van der Waals surface area contributed by atoms with E-state index in [1.165, 1.54) is 22.8 Å². The molecule has 0 spiro atoms. The lowest BCUT2D eigenvalue weighted by atomic mass is 9.75. The van der Waals surface area contributed by atoms with Gasteiger partial charge in [-0.15, -0.1) is 0 Å². The number of hydrogen-bond donors (Lipinski definition) is 0. The maximum atomic E-state index is 13.0. The molecule has 2 saturated carbocycles. The Kier molecular flexibility index (Phi) is 4.13. The Morgan fingerprint density at radius 1 is 1.00 bits per heavy atom. The molecule has 0 saturated heterocycles. The zero-order chi connectivity index (χ0) is 18.6. The van der Waals surface area contributed by atoms with Gasteiger partial charge in [0.2, 0.25) is 0 Å². The molecule has 0 amide bonds. The molecule has 2 fully saturated rings. The lowest BCUT2D eigenvalue weighted by molar-refractivity contribution is -0.165. The van der Waals surface area contributed by atoms with Crippen LogP contribution in [0.5, 0.6) is 0 Å². The molecule has 2 aromatic carbocycles. The van der Waals surface area contributed by atoms with Crippen LogP contribution in [-0.2, 0) is 15.1 Å². The molecule has 5 unspecified atom stereocenters. The molecule has 26 heavy (non-hydrogen) atoms. The number of rotatable bonds is 3. The summed E-state index contributed by atoms with van der Waals surface area (Å²) in [5, 5.41) is 2.42.